The molecule has 2 aromatic carbocycles. The Kier molecular flexibility index (Phi) is 5.13. The van der Waals surface area contributed by atoms with E-state index < -0.39 is 0 Å². The Bertz CT molecular complexity index is 1350. The molecule has 0 saturated heterocycles. The molecule has 0 spiro atoms. The second-order valence-electron chi connectivity index (χ2n) is 8.30. The minimum absolute atomic E-state index is 0.0342. The van der Waals surface area contributed by atoms with Gasteiger partial charge in [-0.3, -0.25) is 9.36 Å². The van der Waals surface area contributed by atoms with Gasteiger partial charge in [-0.2, -0.15) is 5.10 Å². The van der Waals surface area contributed by atoms with Crippen molar-refractivity contribution in [1.82, 2.24) is 24.2 Å². The zero-order valence-electron chi connectivity index (χ0n) is 17.8. The fourth-order valence-corrected chi connectivity index (χ4v) is 4.42. The van der Waals surface area contributed by atoms with E-state index in [-0.39, 0.29) is 23.5 Å². The van der Waals surface area contributed by atoms with Crippen LogP contribution in [0.4, 0.5) is 4.39 Å². The fourth-order valence-electron chi connectivity index (χ4n) is 4.42. The van der Waals surface area contributed by atoms with Gasteiger partial charge in [0.25, 0.3) is 5.91 Å². The average Bonchev–Trinajstić information content (AvgIpc) is 3.20. The Hall–Kier alpha value is -3.68. The lowest BCUT2D eigenvalue weighted by Gasteiger charge is -2.15. The summed E-state index contributed by atoms with van der Waals surface area (Å²) >= 11 is 0. The lowest BCUT2D eigenvalue weighted by atomic mass is 10.1. The quantitative estimate of drug-likeness (QED) is 0.538. The minimum Gasteiger partial charge on any atom is -0.350 e. The molecule has 0 saturated carbocycles. The highest BCUT2D eigenvalue weighted by Gasteiger charge is 2.23. The third kappa shape index (κ3) is 3.72. The van der Waals surface area contributed by atoms with Crippen molar-refractivity contribution in [1.29, 1.82) is 0 Å². The molecule has 0 radical (unpaired) electrons. The molecule has 164 valence electrons. The summed E-state index contributed by atoms with van der Waals surface area (Å²) in [6, 6.07) is 13.9. The molecule has 1 amide bonds. The van der Waals surface area contributed by atoms with Gasteiger partial charge in [0.2, 0.25) is 0 Å². The maximum atomic E-state index is 13.1. The summed E-state index contributed by atoms with van der Waals surface area (Å²) in [5.41, 5.74) is 2.32. The van der Waals surface area contributed by atoms with Crippen LogP contribution in [-0.2, 0) is 26.6 Å². The van der Waals surface area contributed by atoms with E-state index in [9.17, 15) is 14.0 Å². The number of aryl methyl sites for hydroxylation is 2. The number of nitrogens with zero attached hydrogens (tertiary/aromatic N) is 4. The predicted octanol–water partition coefficient (Wildman–Crippen LogP) is 2.86. The molecule has 1 N–H and O–H groups in total. The Labute approximate surface area is 184 Å². The van der Waals surface area contributed by atoms with E-state index >= 15 is 0 Å². The molecule has 1 aliphatic heterocycles. The Morgan fingerprint density at radius 1 is 1.16 bits per heavy atom. The standard InChI is InChI=1S/C24H24FN5O2/c1-28-15-20(19-4-2-3-5-21(19)28)23(31)26-18-10-11-22-27-30(24(32)29(22)13-12-18)14-16-6-8-17(25)9-7-16/h2-9,15,18H,10-14H2,1H3,(H,26,31). The van der Waals surface area contributed by atoms with Crippen LogP contribution in [0.15, 0.2) is 59.5 Å². The molecule has 0 fully saturated rings. The number of fused-ring (bicyclic) bond motifs is 2. The van der Waals surface area contributed by atoms with Crippen molar-refractivity contribution in [2.45, 2.75) is 38.4 Å². The van der Waals surface area contributed by atoms with E-state index in [0.717, 1.165) is 22.3 Å². The van der Waals surface area contributed by atoms with Crippen molar-refractivity contribution >= 4 is 16.8 Å². The third-order valence-corrected chi connectivity index (χ3v) is 6.14. The summed E-state index contributed by atoms with van der Waals surface area (Å²) in [4.78, 5) is 25.8. The maximum Gasteiger partial charge on any atom is 0.346 e. The number of rotatable bonds is 4. The average molecular weight is 433 g/mol. The predicted molar refractivity (Wildman–Crippen MR) is 119 cm³/mol. The van der Waals surface area contributed by atoms with Gasteiger partial charge in [0.05, 0.1) is 12.1 Å². The number of carbonyl (C=O) groups excluding carboxylic acids is 1. The summed E-state index contributed by atoms with van der Waals surface area (Å²) in [6.07, 6.45) is 3.83. The first-order valence-electron chi connectivity index (χ1n) is 10.8. The van der Waals surface area contributed by atoms with E-state index in [4.69, 9.17) is 0 Å². The third-order valence-electron chi connectivity index (χ3n) is 6.14. The van der Waals surface area contributed by atoms with Gasteiger partial charge in [-0.05, 0) is 36.6 Å². The first kappa shape index (κ1) is 20.2. The van der Waals surface area contributed by atoms with Crippen LogP contribution in [0.5, 0.6) is 0 Å². The van der Waals surface area contributed by atoms with Crippen molar-refractivity contribution in [3.63, 3.8) is 0 Å². The van der Waals surface area contributed by atoms with Crippen molar-refractivity contribution in [3.05, 3.63) is 88.0 Å². The van der Waals surface area contributed by atoms with Crippen molar-refractivity contribution in [3.8, 4) is 0 Å². The SMILES string of the molecule is Cn1cc(C(=O)NC2CCc3nn(Cc4ccc(F)cc4)c(=O)n3CC2)c2ccccc21. The van der Waals surface area contributed by atoms with Crippen LogP contribution in [0.3, 0.4) is 0 Å². The number of benzene rings is 2. The molecule has 8 heteroatoms. The van der Waals surface area contributed by atoms with Gasteiger partial charge in [-0.15, -0.1) is 0 Å². The largest absolute Gasteiger partial charge is 0.350 e. The van der Waals surface area contributed by atoms with E-state index in [2.05, 4.69) is 10.4 Å². The van der Waals surface area contributed by atoms with Gasteiger partial charge in [-0.1, -0.05) is 30.3 Å². The monoisotopic (exact) mass is 433 g/mol. The van der Waals surface area contributed by atoms with Crippen molar-refractivity contribution in [2.75, 3.05) is 0 Å². The summed E-state index contributed by atoms with van der Waals surface area (Å²) in [5, 5.41) is 8.58. The number of hydrogen-bond donors (Lipinski definition) is 1. The number of hydrogen-bond acceptors (Lipinski definition) is 3. The molecule has 3 heterocycles. The smallest absolute Gasteiger partial charge is 0.346 e. The Morgan fingerprint density at radius 3 is 2.75 bits per heavy atom. The summed E-state index contributed by atoms with van der Waals surface area (Å²) in [6.45, 7) is 0.804. The molecule has 4 aromatic rings. The van der Waals surface area contributed by atoms with Gasteiger partial charge in [0.1, 0.15) is 11.6 Å². The van der Waals surface area contributed by atoms with Crippen LogP contribution in [0, 0.1) is 5.82 Å². The second kappa shape index (κ2) is 8.11. The number of nitrogens with one attached hydrogen (secondary N) is 1. The molecule has 2 aromatic heterocycles. The number of amides is 1. The first-order valence-corrected chi connectivity index (χ1v) is 10.8. The second-order valence-corrected chi connectivity index (χ2v) is 8.30. The summed E-state index contributed by atoms with van der Waals surface area (Å²) < 4.78 is 18.2. The van der Waals surface area contributed by atoms with E-state index in [0.29, 0.717) is 37.9 Å². The van der Waals surface area contributed by atoms with Crippen LogP contribution in [-0.4, -0.2) is 30.9 Å². The number of halogens is 1. The molecular formula is C24H24FN5O2. The Morgan fingerprint density at radius 2 is 1.94 bits per heavy atom. The Balaban J connectivity index is 1.28. The van der Waals surface area contributed by atoms with E-state index in [1.807, 2.05) is 42.1 Å². The molecule has 5 rings (SSSR count). The highest BCUT2D eigenvalue weighted by molar-refractivity contribution is 6.07. The first-order chi connectivity index (χ1) is 15.5. The lowest BCUT2D eigenvalue weighted by molar-refractivity contribution is 0.0934. The normalized spacial score (nSPS) is 16.0. The van der Waals surface area contributed by atoms with Gasteiger partial charge in [0, 0.05) is 43.2 Å². The number of aromatic nitrogens is 4. The van der Waals surface area contributed by atoms with Crippen LogP contribution in [0.1, 0.15) is 34.6 Å². The molecule has 0 aliphatic carbocycles. The molecule has 1 aliphatic rings. The molecule has 32 heavy (non-hydrogen) atoms. The fraction of sp³-hybridized carbons (Fsp3) is 0.292. The molecule has 7 nitrogen and oxygen atoms in total. The number of para-hydroxylation sites is 1. The topological polar surface area (TPSA) is 73.8 Å². The zero-order valence-corrected chi connectivity index (χ0v) is 17.8. The molecular weight excluding hydrogens is 409 g/mol. The highest BCUT2D eigenvalue weighted by atomic mass is 19.1. The van der Waals surface area contributed by atoms with Crippen molar-refractivity contribution < 1.29 is 9.18 Å². The van der Waals surface area contributed by atoms with Gasteiger partial charge in [-0.25, -0.2) is 13.9 Å². The highest BCUT2D eigenvalue weighted by Crippen LogP contribution is 2.21. The number of carbonyl (C=O) groups is 1. The van der Waals surface area contributed by atoms with Gasteiger partial charge >= 0.3 is 5.69 Å². The minimum atomic E-state index is -0.307. The van der Waals surface area contributed by atoms with Crippen LogP contribution < -0.4 is 11.0 Å². The van der Waals surface area contributed by atoms with Crippen LogP contribution >= 0.6 is 0 Å². The summed E-state index contributed by atoms with van der Waals surface area (Å²) in [7, 11) is 1.93. The van der Waals surface area contributed by atoms with Gasteiger partial charge in [0.15, 0.2) is 0 Å². The van der Waals surface area contributed by atoms with Crippen molar-refractivity contribution in [2.24, 2.45) is 7.05 Å². The maximum absolute atomic E-state index is 13.1. The molecule has 1 atom stereocenters. The van der Waals surface area contributed by atoms with Crippen LogP contribution in [0.2, 0.25) is 0 Å². The van der Waals surface area contributed by atoms with Crippen LogP contribution in [0.25, 0.3) is 10.9 Å². The van der Waals surface area contributed by atoms with E-state index in [1.54, 1.807) is 16.7 Å². The molecule has 1 unspecified atom stereocenters. The van der Waals surface area contributed by atoms with Gasteiger partial charge < -0.3 is 9.88 Å². The van der Waals surface area contributed by atoms with E-state index in [1.165, 1.54) is 16.8 Å². The summed E-state index contributed by atoms with van der Waals surface area (Å²) in [5.74, 6) is 0.317. The lowest BCUT2D eigenvalue weighted by Crippen LogP contribution is -2.35. The molecule has 0 bridgehead atoms. The zero-order chi connectivity index (χ0) is 22.2.